The Morgan fingerprint density at radius 2 is 1.48 bits per heavy atom. The molecule has 1 aliphatic heterocycles. The maximum atomic E-state index is 9.10. The van der Waals surface area contributed by atoms with Gasteiger partial charge in [-0.15, -0.1) is 0 Å². The molecule has 2 N–H and O–H groups in total. The van der Waals surface area contributed by atoms with Gasteiger partial charge in [0.25, 0.3) is 0 Å². The Morgan fingerprint density at radius 1 is 0.903 bits per heavy atom. The number of hydrogen-bond donors (Lipinski definition) is 2. The molecular weight excluding hydrogens is 396 g/mol. The first kappa shape index (κ1) is 24.1. The van der Waals surface area contributed by atoms with E-state index in [0.29, 0.717) is 0 Å². The topological polar surface area (TPSA) is 90.3 Å². The Morgan fingerprint density at radius 3 is 2.03 bits per heavy atom. The number of ether oxygens (including phenoxy) is 1. The van der Waals surface area contributed by atoms with E-state index in [1.54, 1.807) is 0 Å². The third-order valence-electron chi connectivity index (χ3n) is 4.76. The fraction of sp³-hybridized carbons (Fsp3) is 0.333. The second-order valence-electron chi connectivity index (χ2n) is 7.08. The summed E-state index contributed by atoms with van der Waals surface area (Å²) in [6.07, 6.45) is 4.49. The van der Waals surface area contributed by atoms with Crippen molar-refractivity contribution in [2.45, 2.75) is 13.5 Å². The lowest BCUT2D eigenvalue weighted by Gasteiger charge is -2.34. The van der Waals surface area contributed by atoms with E-state index < -0.39 is 11.9 Å². The van der Waals surface area contributed by atoms with Crippen molar-refractivity contribution in [3.63, 3.8) is 0 Å². The molecule has 0 atom stereocenters. The van der Waals surface area contributed by atoms with Gasteiger partial charge in [0.2, 0.25) is 0 Å². The van der Waals surface area contributed by atoms with E-state index in [2.05, 4.69) is 76.5 Å². The van der Waals surface area contributed by atoms with Crippen LogP contribution in [0.1, 0.15) is 18.1 Å². The fourth-order valence-electron chi connectivity index (χ4n) is 3.15. The SMILES string of the molecule is CCOc1ccc(CN2CCN(CC=Cc3ccccc3)CC2)cc1.O=C(O)C(=O)O. The molecule has 7 heteroatoms. The zero-order chi connectivity index (χ0) is 22.5. The number of nitrogens with zero attached hydrogens (tertiary/aromatic N) is 2. The first-order valence-electron chi connectivity index (χ1n) is 10.3. The van der Waals surface area contributed by atoms with Gasteiger partial charge in [-0.2, -0.15) is 0 Å². The lowest BCUT2D eigenvalue weighted by Crippen LogP contribution is -2.45. The molecule has 0 aliphatic carbocycles. The number of hydrogen-bond acceptors (Lipinski definition) is 5. The van der Waals surface area contributed by atoms with E-state index in [9.17, 15) is 0 Å². The standard InChI is InChI=1S/C22H28N2O.C2H2O4/c1-2-25-22-12-10-21(11-13-22)19-24-17-15-23(16-18-24)14-6-9-20-7-4-3-5-8-20;3-1(4)2(5)6/h3-13H,2,14-19H2,1H3;(H,3,4)(H,5,6). The van der Waals surface area contributed by atoms with Crippen LogP contribution < -0.4 is 4.74 Å². The molecular formula is C24H30N2O5. The summed E-state index contributed by atoms with van der Waals surface area (Å²) in [5.74, 6) is -2.69. The predicted molar refractivity (Wildman–Crippen MR) is 120 cm³/mol. The molecule has 1 heterocycles. The maximum absolute atomic E-state index is 9.10. The Balaban J connectivity index is 0.000000501. The van der Waals surface area contributed by atoms with Crippen molar-refractivity contribution in [1.82, 2.24) is 9.80 Å². The second kappa shape index (κ2) is 13.2. The van der Waals surface area contributed by atoms with Crippen LogP contribution in [0.4, 0.5) is 0 Å². The van der Waals surface area contributed by atoms with E-state index in [0.717, 1.165) is 51.6 Å². The minimum atomic E-state index is -1.82. The molecule has 7 nitrogen and oxygen atoms in total. The highest BCUT2D eigenvalue weighted by atomic mass is 16.5. The van der Waals surface area contributed by atoms with Crippen LogP contribution >= 0.6 is 0 Å². The lowest BCUT2D eigenvalue weighted by molar-refractivity contribution is -0.159. The molecule has 0 radical (unpaired) electrons. The first-order chi connectivity index (χ1) is 15.0. The zero-order valence-corrected chi connectivity index (χ0v) is 17.8. The number of carbonyl (C=O) groups is 2. The van der Waals surface area contributed by atoms with Crippen molar-refractivity contribution in [3.05, 3.63) is 71.8 Å². The quantitative estimate of drug-likeness (QED) is 0.658. The van der Waals surface area contributed by atoms with Gasteiger partial charge >= 0.3 is 11.9 Å². The molecule has 31 heavy (non-hydrogen) atoms. The van der Waals surface area contributed by atoms with Crippen molar-refractivity contribution in [1.29, 1.82) is 0 Å². The van der Waals surface area contributed by atoms with Gasteiger partial charge < -0.3 is 14.9 Å². The monoisotopic (exact) mass is 426 g/mol. The number of rotatable bonds is 7. The molecule has 1 fully saturated rings. The van der Waals surface area contributed by atoms with E-state index in [4.69, 9.17) is 24.5 Å². The van der Waals surface area contributed by atoms with Gasteiger partial charge in [0.1, 0.15) is 5.75 Å². The molecule has 1 saturated heterocycles. The number of carboxylic acid groups (broad SMARTS) is 2. The highest BCUT2D eigenvalue weighted by Crippen LogP contribution is 2.14. The Labute approximate surface area is 183 Å². The largest absolute Gasteiger partial charge is 0.494 e. The summed E-state index contributed by atoms with van der Waals surface area (Å²) in [6.45, 7) is 9.33. The van der Waals surface area contributed by atoms with Gasteiger partial charge in [-0.1, -0.05) is 54.6 Å². The van der Waals surface area contributed by atoms with Crippen LogP contribution in [0.25, 0.3) is 6.08 Å². The molecule has 1 aliphatic rings. The minimum Gasteiger partial charge on any atom is -0.494 e. The van der Waals surface area contributed by atoms with E-state index in [1.807, 2.05) is 6.92 Å². The normalized spacial score (nSPS) is 14.6. The van der Waals surface area contributed by atoms with Crippen molar-refractivity contribution in [2.24, 2.45) is 0 Å². The van der Waals surface area contributed by atoms with Crippen LogP contribution in [0.15, 0.2) is 60.7 Å². The van der Waals surface area contributed by atoms with Crippen molar-refractivity contribution in [3.8, 4) is 5.75 Å². The average Bonchev–Trinajstić information content (AvgIpc) is 2.78. The fourth-order valence-corrected chi connectivity index (χ4v) is 3.15. The summed E-state index contributed by atoms with van der Waals surface area (Å²) >= 11 is 0. The zero-order valence-electron chi connectivity index (χ0n) is 17.8. The van der Waals surface area contributed by atoms with Crippen molar-refractivity contribution < 1.29 is 24.5 Å². The molecule has 0 spiro atoms. The molecule has 166 valence electrons. The number of benzene rings is 2. The average molecular weight is 427 g/mol. The third kappa shape index (κ3) is 9.46. The van der Waals surface area contributed by atoms with Crippen molar-refractivity contribution in [2.75, 3.05) is 39.3 Å². The summed E-state index contributed by atoms with van der Waals surface area (Å²) in [5.41, 5.74) is 2.64. The number of carboxylic acids is 2. The van der Waals surface area contributed by atoms with Crippen LogP contribution in [0.2, 0.25) is 0 Å². The number of aliphatic carboxylic acids is 2. The molecule has 0 unspecified atom stereocenters. The predicted octanol–water partition coefficient (Wildman–Crippen LogP) is 3.07. The van der Waals surface area contributed by atoms with E-state index in [1.165, 1.54) is 11.1 Å². The molecule has 0 amide bonds. The maximum Gasteiger partial charge on any atom is 0.414 e. The van der Waals surface area contributed by atoms with Crippen LogP contribution in [0.5, 0.6) is 5.75 Å². The Bertz CT molecular complexity index is 817. The van der Waals surface area contributed by atoms with Gasteiger partial charge in [0.15, 0.2) is 0 Å². The highest BCUT2D eigenvalue weighted by Gasteiger charge is 2.15. The van der Waals surface area contributed by atoms with Gasteiger partial charge in [0.05, 0.1) is 6.61 Å². The van der Waals surface area contributed by atoms with Gasteiger partial charge in [-0.3, -0.25) is 9.80 Å². The molecule has 2 aromatic carbocycles. The third-order valence-corrected chi connectivity index (χ3v) is 4.76. The van der Waals surface area contributed by atoms with Crippen LogP contribution in [0, 0.1) is 0 Å². The van der Waals surface area contributed by atoms with Crippen LogP contribution in [0.3, 0.4) is 0 Å². The van der Waals surface area contributed by atoms with Crippen LogP contribution in [-0.4, -0.2) is 71.3 Å². The second-order valence-corrected chi connectivity index (χ2v) is 7.08. The molecule has 2 aromatic rings. The molecule has 3 rings (SSSR count). The van der Waals surface area contributed by atoms with Crippen molar-refractivity contribution >= 4 is 18.0 Å². The van der Waals surface area contributed by atoms with E-state index in [-0.39, 0.29) is 0 Å². The summed E-state index contributed by atoms with van der Waals surface area (Å²) in [4.78, 5) is 23.3. The van der Waals surface area contributed by atoms with Gasteiger partial charge in [-0.25, -0.2) is 9.59 Å². The highest BCUT2D eigenvalue weighted by molar-refractivity contribution is 6.27. The Kier molecular flexibility index (Phi) is 10.3. The Hall–Kier alpha value is -3.16. The summed E-state index contributed by atoms with van der Waals surface area (Å²) < 4.78 is 5.51. The summed E-state index contributed by atoms with van der Waals surface area (Å²) in [5, 5.41) is 14.8. The molecule has 0 bridgehead atoms. The summed E-state index contributed by atoms with van der Waals surface area (Å²) in [6, 6.07) is 19.0. The van der Waals surface area contributed by atoms with Crippen LogP contribution in [-0.2, 0) is 16.1 Å². The molecule has 0 saturated carbocycles. The molecule has 0 aromatic heterocycles. The summed E-state index contributed by atoms with van der Waals surface area (Å²) in [7, 11) is 0. The number of piperazine rings is 1. The van der Waals surface area contributed by atoms with E-state index >= 15 is 0 Å². The minimum absolute atomic E-state index is 0.722. The van der Waals surface area contributed by atoms with Gasteiger partial charge in [0, 0.05) is 39.3 Å². The van der Waals surface area contributed by atoms with Gasteiger partial charge in [-0.05, 0) is 30.2 Å². The lowest BCUT2D eigenvalue weighted by atomic mass is 10.2. The smallest absolute Gasteiger partial charge is 0.414 e. The first-order valence-corrected chi connectivity index (χ1v) is 10.3.